The van der Waals surface area contributed by atoms with Crippen molar-refractivity contribution in [3.8, 4) is 5.75 Å². The maximum Gasteiger partial charge on any atom is 0.229 e. The van der Waals surface area contributed by atoms with Gasteiger partial charge in [-0.2, -0.15) is 4.98 Å². The van der Waals surface area contributed by atoms with Gasteiger partial charge in [0, 0.05) is 16.2 Å². The Morgan fingerprint density at radius 2 is 1.90 bits per heavy atom. The van der Waals surface area contributed by atoms with Crippen LogP contribution in [0.3, 0.4) is 0 Å². The average molecular weight is 300 g/mol. The van der Waals surface area contributed by atoms with Crippen molar-refractivity contribution >= 4 is 22.5 Å². The number of benzene rings is 2. The molecule has 0 saturated carbocycles. The highest BCUT2D eigenvalue weighted by Crippen LogP contribution is 2.34. The second-order valence-corrected chi connectivity index (χ2v) is 6.14. The Morgan fingerprint density at radius 1 is 1.14 bits per heavy atom. The number of hydrogen-bond acceptors (Lipinski definition) is 5. The molecule has 0 aliphatic rings. The van der Waals surface area contributed by atoms with Crippen LogP contribution in [0, 0.1) is 0 Å². The molecule has 21 heavy (non-hydrogen) atoms. The molecule has 0 spiro atoms. The van der Waals surface area contributed by atoms with E-state index in [2.05, 4.69) is 10.1 Å². The molecule has 1 N–H and O–H groups in total. The third-order valence-electron chi connectivity index (χ3n) is 3.20. The topological polar surface area (TPSA) is 59.2 Å². The lowest BCUT2D eigenvalue weighted by Gasteiger charge is -2.06. The van der Waals surface area contributed by atoms with E-state index in [9.17, 15) is 5.11 Å². The molecule has 0 unspecified atom stereocenters. The normalized spacial score (nSPS) is 11.4. The van der Waals surface area contributed by atoms with Crippen LogP contribution < -0.4 is 0 Å². The van der Waals surface area contributed by atoms with Crippen molar-refractivity contribution in [3.05, 3.63) is 48.1 Å². The van der Waals surface area contributed by atoms with Crippen LogP contribution in [0.2, 0.25) is 0 Å². The van der Waals surface area contributed by atoms with Gasteiger partial charge in [-0.3, -0.25) is 0 Å². The van der Waals surface area contributed by atoms with E-state index >= 15 is 0 Å². The van der Waals surface area contributed by atoms with Gasteiger partial charge in [-0.05, 0) is 17.5 Å². The predicted molar refractivity (Wildman–Crippen MR) is 83.6 cm³/mol. The molecule has 0 saturated heterocycles. The van der Waals surface area contributed by atoms with E-state index in [1.165, 1.54) is 0 Å². The molecule has 2 aromatic carbocycles. The Labute approximate surface area is 127 Å². The average Bonchev–Trinajstić information content (AvgIpc) is 2.96. The van der Waals surface area contributed by atoms with Crippen LogP contribution in [-0.4, -0.2) is 15.2 Å². The maximum absolute atomic E-state index is 9.90. The number of nitrogens with zero attached hydrogens (tertiary/aromatic N) is 2. The minimum atomic E-state index is 0.241. The van der Waals surface area contributed by atoms with E-state index in [1.807, 2.05) is 44.2 Å². The monoisotopic (exact) mass is 300 g/mol. The van der Waals surface area contributed by atoms with Crippen LogP contribution >= 0.6 is 11.8 Å². The quantitative estimate of drug-likeness (QED) is 0.726. The van der Waals surface area contributed by atoms with E-state index in [1.54, 1.807) is 17.8 Å². The number of phenols is 1. The second kappa shape index (κ2) is 5.77. The van der Waals surface area contributed by atoms with Crippen LogP contribution in [0.1, 0.15) is 31.5 Å². The number of phenolic OH excluding ortho intramolecular Hbond substituents is 1. The molecule has 0 fully saturated rings. The lowest BCUT2D eigenvalue weighted by Crippen LogP contribution is -1.88. The molecule has 0 aliphatic heterocycles. The van der Waals surface area contributed by atoms with Crippen molar-refractivity contribution < 1.29 is 9.63 Å². The molecule has 5 heteroatoms. The fraction of sp³-hybridized carbons (Fsp3) is 0.250. The maximum atomic E-state index is 9.90. The SMILES string of the molecule is CC(C)c1nc(CSc2ccc(O)c3ccccc23)no1. The van der Waals surface area contributed by atoms with Crippen LogP contribution in [0.5, 0.6) is 5.75 Å². The van der Waals surface area contributed by atoms with Crippen LogP contribution in [0.15, 0.2) is 45.8 Å². The molecule has 4 nitrogen and oxygen atoms in total. The fourth-order valence-corrected chi connectivity index (χ4v) is 2.98. The third-order valence-corrected chi connectivity index (χ3v) is 4.27. The predicted octanol–water partition coefficient (Wildman–Crippen LogP) is 4.34. The van der Waals surface area contributed by atoms with Gasteiger partial charge in [-0.15, -0.1) is 11.8 Å². The number of hydrogen-bond donors (Lipinski definition) is 1. The van der Waals surface area contributed by atoms with Crippen molar-refractivity contribution in [2.24, 2.45) is 0 Å². The molecule has 0 aliphatic carbocycles. The van der Waals surface area contributed by atoms with Gasteiger partial charge >= 0.3 is 0 Å². The van der Waals surface area contributed by atoms with Gasteiger partial charge in [0.1, 0.15) is 5.75 Å². The summed E-state index contributed by atoms with van der Waals surface area (Å²) in [6.07, 6.45) is 0. The lowest BCUT2D eigenvalue weighted by atomic mass is 10.1. The minimum Gasteiger partial charge on any atom is -0.507 e. The van der Waals surface area contributed by atoms with E-state index in [0.717, 1.165) is 15.7 Å². The molecular formula is C16H16N2O2S. The molecule has 1 aromatic heterocycles. The first-order chi connectivity index (χ1) is 10.1. The van der Waals surface area contributed by atoms with Crippen LogP contribution in [0.25, 0.3) is 10.8 Å². The summed E-state index contributed by atoms with van der Waals surface area (Å²) in [7, 11) is 0. The largest absolute Gasteiger partial charge is 0.507 e. The summed E-state index contributed by atoms with van der Waals surface area (Å²) in [6, 6.07) is 11.5. The van der Waals surface area contributed by atoms with Crippen molar-refractivity contribution in [3.63, 3.8) is 0 Å². The second-order valence-electron chi connectivity index (χ2n) is 5.12. The van der Waals surface area contributed by atoms with Crippen molar-refractivity contribution in [1.29, 1.82) is 0 Å². The number of thioether (sulfide) groups is 1. The Kier molecular flexibility index (Phi) is 3.84. The molecule has 3 aromatic rings. The Hall–Kier alpha value is -2.01. The van der Waals surface area contributed by atoms with Gasteiger partial charge in [0.15, 0.2) is 5.82 Å². The lowest BCUT2D eigenvalue weighted by molar-refractivity contribution is 0.362. The highest BCUT2D eigenvalue weighted by molar-refractivity contribution is 7.98. The zero-order valence-corrected chi connectivity index (χ0v) is 12.7. The van der Waals surface area contributed by atoms with E-state index in [-0.39, 0.29) is 5.92 Å². The summed E-state index contributed by atoms with van der Waals surface area (Å²) in [4.78, 5) is 5.47. The summed E-state index contributed by atoms with van der Waals surface area (Å²) >= 11 is 1.64. The first-order valence-corrected chi connectivity index (χ1v) is 7.79. The van der Waals surface area contributed by atoms with Gasteiger partial charge in [-0.25, -0.2) is 0 Å². The first kappa shape index (κ1) is 13.9. The van der Waals surface area contributed by atoms with Gasteiger partial charge in [-0.1, -0.05) is 43.3 Å². The number of aromatic nitrogens is 2. The molecule has 0 atom stereocenters. The van der Waals surface area contributed by atoms with Gasteiger partial charge in [0.2, 0.25) is 5.89 Å². The zero-order chi connectivity index (χ0) is 14.8. The van der Waals surface area contributed by atoms with Crippen molar-refractivity contribution in [2.45, 2.75) is 30.4 Å². The first-order valence-electron chi connectivity index (χ1n) is 6.81. The van der Waals surface area contributed by atoms with Crippen molar-refractivity contribution in [2.75, 3.05) is 0 Å². The van der Waals surface area contributed by atoms with Crippen LogP contribution in [-0.2, 0) is 5.75 Å². The standard InChI is InChI=1S/C16H16N2O2S/c1-10(2)16-17-15(18-20-16)9-21-14-8-7-13(19)11-5-3-4-6-12(11)14/h3-8,10,19H,9H2,1-2H3. The molecule has 0 radical (unpaired) electrons. The van der Waals surface area contributed by atoms with Crippen molar-refractivity contribution in [1.82, 2.24) is 10.1 Å². The van der Waals surface area contributed by atoms with Gasteiger partial charge < -0.3 is 9.63 Å². The van der Waals surface area contributed by atoms with Crippen LogP contribution in [0.4, 0.5) is 0 Å². The Bertz CT molecular complexity index is 768. The van der Waals surface area contributed by atoms with E-state index in [4.69, 9.17) is 4.52 Å². The third kappa shape index (κ3) is 2.88. The summed E-state index contributed by atoms with van der Waals surface area (Å²) in [5, 5.41) is 15.8. The Balaban J connectivity index is 1.83. The van der Waals surface area contributed by atoms with Gasteiger partial charge in [0.05, 0.1) is 5.75 Å². The summed E-state index contributed by atoms with van der Waals surface area (Å²) in [5.41, 5.74) is 0. The fourth-order valence-electron chi connectivity index (χ4n) is 2.08. The number of aromatic hydroxyl groups is 1. The zero-order valence-electron chi connectivity index (χ0n) is 11.9. The molecule has 0 amide bonds. The molecule has 3 rings (SSSR count). The minimum absolute atomic E-state index is 0.241. The Morgan fingerprint density at radius 3 is 2.62 bits per heavy atom. The summed E-state index contributed by atoms with van der Waals surface area (Å²) in [5.74, 6) is 2.55. The molecule has 1 heterocycles. The molecule has 108 valence electrons. The van der Waals surface area contributed by atoms with Gasteiger partial charge in [0.25, 0.3) is 0 Å². The summed E-state index contributed by atoms with van der Waals surface area (Å²) in [6.45, 7) is 4.05. The van der Waals surface area contributed by atoms with E-state index < -0.39 is 0 Å². The molecule has 0 bridgehead atoms. The number of rotatable bonds is 4. The highest BCUT2D eigenvalue weighted by atomic mass is 32.2. The summed E-state index contributed by atoms with van der Waals surface area (Å²) < 4.78 is 5.21. The number of fused-ring (bicyclic) bond motifs is 1. The highest BCUT2D eigenvalue weighted by Gasteiger charge is 2.11. The smallest absolute Gasteiger partial charge is 0.229 e. The van der Waals surface area contributed by atoms with E-state index in [0.29, 0.717) is 23.2 Å². The molecular weight excluding hydrogens is 284 g/mol.